The molecule has 0 radical (unpaired) electrons. The molecule has 156 valence electrons. The summed E-state index contributed by atoms with van der Waals surface area (Å²) >= 11 is 0. The van der Waals surface area contributed by atoms with E-state index in [1.807, 2.05) is 24.3 Å². The molecule has 7 nitrogen and oxygen atoms in total. The van der Waals surface area contributed by atoms with Gasteiger partial charge in [0.15, 0.2) is 0 Å². The maximum absolute atomic E-state index is 12.3. The Kier molecular flexibility index (Phi) is 5.34. The lowest BCUT2D eigenvalue weighted by atomic mass is 10.2. The summed E-state index contributed by atoms with van der Waals surface area (Å²) in [6.07, 6.45) is 2.21. The van der Waals surface area contributed by atoms with E-state index in [9.17, 15) is 13.2 Å². The summed E-state index contributed by atoms with van der Waals surface area (Å²) in [6, 6.07) is 14.6. The number of carbonyl (C=O) groups excluding carboxylic acids is 1. The van der Waals surface area contributed by atoms with Gasteiger partial charge in [-0.05, 0) is 42.3 Å². The van der Waals surface area contributed by atoms with Crippen LogP contribution in [0.25, 0.3) is 10.9 Å². The molecule has 0 saturated carbocycles. The third-order valence-electron chi connectivity index (χ3n) is 4.89. The number of nitrogens with one attached hydrogen (secondary N) is 2. The number of aliphatic imine (C=N–C) groups is 1. The molecule has 0 atom stereocenters. The van der Waals surface area contributed by atoms with E-state index in [1.54, 1.807) is 18.2 Å². The van der Waals surface area contributed by atoms with E-state index in [-0.39, 0.29) is 29.6 Å². The SMILES string of the molecule is CC(C)Cn1ccc2cc(NC(=O)CCN=C3NS(=O)(=O)c4ccccc43)ccc21. The van der Waals surface area contributed by atoms with E-state index in [0.29, 0.717) is 11.5 Å². The van der Waals surface area contributed by atoms with Gasteiger partial charge in [-0.2, -0.15) is 0 Å². The number of carbonyl (C=O) groups is 1. The zero-order chi connectivity index (χ0) is 21.3. The summed E-state index contributed by atoms with van der Waals surface area (Å²) in [5, 5.41) is 3.96. The van der Waals surface area contributed by atoms with E-state index >= 15 is 0 Å². The number of sulfonamides is 1. The van der Waals surface area contributed by atoms with Crippen LogP contribution >= 0.6 is 0 Å². The summed E-state index contributed by atoms with van der Waals surface area (Å²) in [5.41, 5.74) is 2.41. The maximum Gasteiger partial charge on any atom is 0.263 e. The molecule has 0 spiro atoms. The van der Waals surface area contributed by atoms with Crippen LogP contribution in [0.5, 0.6) is 0 Å². The van der Waals surface area contributed by atoms with Gasteiger partial charge >= 0.3 is 0 Å². The number of hydrogen-bond acceptors (Lipinski definition) is 4. The normalized spacial score (nSPS) is 16.0. The number of amides is 1. The molecule has 30 heavy (non-hydrogen) atoms. The van der Waals surface area contributed by atoms with E-state index in [1.165, 1.54) is 6.07 Å². The first-order valence-electron chi connectivity index (χ1n) is 9.89. The molecule has 3 aromatic rings. The first-order valence-corrected chi connectivity index (χ1v) is 11.4. The van der Waals surface area contributed by atoms with Crippen molar-refractivity contribution in [2.45, 2.75) is 31.7 Å². The minimum Gasteiger partial charge on any atom is -0.347 e. The minimum absolute atomic E-state index is 0.153. The van der Waals surface area contributed by atoms with Crippen LogP contribution in [-0.4, -0.2) is 31.3 Å². The highest BCUT2D eigenvalue weighted by Crippen LogP contribution is 2.23. The zero-order valence-corrected chi connectivity index (χ0v) is 17.7. The molecule has 1 aromatic heterocycles. The molecule has 0 aliphatic carbocycles. The van der Waals surface area contributed by atoms with E-state index in [0.717, 1.165) is 23.1 Å². The fourth-order valence-corrected chi connectivity index (χ4v) is 4.83. The molecular weight excluding hydrogens is 400 g/mol. The molecule has 1 aliphatic heterocycles. The van der Waals surface area contributed by atoms with Gasteiger partial charge in [0.2, 0.25) is 5.91 Å². The van der Waals surface area contributed by atoms with Crippen molar-refractivity contribution in [2.75, 3.05) is 11.9 Å². The Morgan fingerprint density at radius 3 is 2.77 bits per heavy atom. The lowest BCUT2D eigenvalue weighted by molar-refractivity contribution is -0.116. The molecule has 4 rings (SSSR count). The van der Waals surface area contributed by atoms with Crippen molar-refractivity contribution in [1.29, 1.82) is 0 Å². The van der Waals surface area contributed by atoms with Crippen molar-refractivity contribution < 1.29 is 13.2 Å². The monoisotopic (exact) mass is 424 g/mol. The minimum atomic E-state index is -3.56. The van der Waals surface area contributed by atoms with Crippen LogP contribution in [0.2, 0.25) is 0 Å². The third-order valence-corrected chi connectivity index (χ3v) is 6.29. The van der Waals surface area contributed by atoms with Crippen LogP contribution in [-0.2, 0) is 21.4 Å². The van der Waals surface area contributed by atoms with Gasteiger partial charge in [-0.25, -0.2) is 8.42 Å². The molecule has 0 bridgehead atoms. The fourth-order valence-electron chi connectivity index (χ4n) is 3.57. The Bertz CT molecular complexity index is 1240. The second-order valence-corrected chi connectivity index (χ2v) is 9.42. The van der Waals surface area contributed by atoms with Gasteiger partial charge in [0.25, 0.3) is 10.0 Å². The van der Waals surface area contributed by atoms with Crippen LogP contribution in [0.3, 0.4) is 0 Å². The number of amidine groups is 1. The van der Waals surface area contributed by atoms with E-state index < -0.39 is 10.0 Å². The number of nitrogens with zero attached hydrogens (tertiary/aromatic N) is 2. The lowest BCUT2D eigenvalue weighted by Crippen LogP contribution is -2.23. The molecule has 0 saturated heterocycles. The topological polar surface area (TPSA) is 92.6 Å². The average Bonchev–Trinajstić information content (AvgIpc) is 3.20. The Morgan fingerprint density at radius 2 is 1.97 bits per heavy atom. The van der Waals surface area contributed by atoms with E-state index in [2.05, 4.69) is 39.6 Å². The van der Waals surface area contributed by atoms with Crippen molar-refractivity contribution in [1.82, 2.24) is 9.29 Å². The molecule has 0 fully saturated rings. The lowest BCUT2D eigenvalue weighted by Gasteiger charge is -2.09. The van der Waals surface area contributed by atoms with Gasteiger partial charge in [0.05, 0.1) is 11.4 Å². The first-order chi connectivity index (χ1) is 14.3. The predicted octanol–water partition coefficient (Wildman–Crippen LogP) is 3.36. The maximum atomic E-state index is 12.3. The Hall–Kier alpha value is -3.13. The Balaban J connectivity index is 1.39. The van der Waals surface area contributed by atoms with Gasteiger partial charge in [0, 0.05) is 41.3 Å². The Labute approximate surface area is 175 Å². The number of fused-ring (bicyclic) bond motifs is 2. The molecule has 2 N–H and O–H groups in total. The number of hydrogen-bond donors (Lipinski definition) is 2. The summed E-state index contributed by atoms with van der Waals surface area (Å²) in [7, 11) is -3.56. The van der Waals surface area contributed by atoms with Crippen LogP contribution in [0.15, 0.2) is 64.6 Å². The van der Waals surface area contributed by atoms with Crippen molar-refractivity contribution in [3.63, 3.8) is 0 Å². The highest BCUT2D eigenvalue weighted by Gasteiger charge is 2.29. The second kappa shape index (κ2) is 7.95. The van der Waals surface area contributed by atoms with Crippen LogP contribution in [0.4, 0.5) is 5.69 Å². The third kappa shape index (κ3) is 4.09. The fraction of sp³-hybridized carbons (Fsp3) is 0.273. The van der Waals surface area contributed by atoms with Gasteiger partial charge in [-0.3, -0.25) is 14.5 Å². The summed E-state index contributed by atoms with van der Waals surface area (Å²) < 4.78 is 28.8. The van der Waals surface area contributed by atoms with Crippen LogP contribution in [0, 0.1) is 5.92 Å². The number of anilines is 1. The van der Waals surface area contributed by atoms with Crippen molar-refractivity contribution in [3.05, 3.63) is 60.3 Å². The largest absolute Gasteiger partial charge is 0.347 e. The van der Waals surface area contributed by atoms with Gasteiger partial charge in [-0.15, -0.1) is 0 Å². The highest BCUT2D eigenvalue weighted by molar-refractivity contribution is 7.90. The zero-order valence-electron chi connectivity index (χ0n) is 16.9. The standard InChI is InChI=1S/C22H24N4O3S/c1-15(2)14-26-12-10-16-13-17(7-8-19(16)26)24-21(27)9-11-23-22-18-5-3-4-6-20(18)30(28,29)25-22/h3-8,10,12-13,15H,9,11,14H2,1-2H3,(H,23,25)(H,24,27). The summed E-state index contributed by atoms with van der Waals surface area (Å²) in [6.45, 7) is 5.49. The van der Waals surface area contributed by atoms with Crippen LogP contribution in [0.1, 0.15) is 25.8 Å². The summed E-state index contributed by atoms with van der Waals surface area (Å²) in [5.74, 6) is 0.665. The van der Waals surface area contributed by atoms with Gasteiger partial charge in [0.1, 0.15) is 5.84 Å². The number of rotatable bonds is 6. The van der Waals surface area contributed by atoms with E-state index in [4.69, 9.17) is 0 Å². The van der Waals surface area contributed by atoms with Crippen LogP contribution < -0.4 is 10.0 Å². The molecule has 1 amide bonds. The van der Waals surface area contributed by atoms with Gasteiger partial charge < -0.3 is 9.88 Å². The number of benzene rings is 2. The van der Waals surface area contributed by atoms with Gasteiger partial charge in [-0.1, -0.05) is 26.0 Å². The predicted molar refractivity (Wildman–Crippen MR) is 118 cm³/mol. The molecule has 2 aromatic carbocycles. The smallest absolute Gasteiger partial charge is 0.263 e. The molecule has 2 heterocycles. The summed E-state index contributed by atoms with van der Waals surface area (Å²) in [4.78, 5) is 16.8. The average molecular weight is 425 g/mol. The highest BCUT2D eigenvalue weighted by atomic mass is 32.2. The Morgan fingerprint density at radius 1 is 1.17 bits per heavy atom. The number of aromatic nitrogens is 1. The second-order valence-electron chi connectivity index (χ2n) is 7.77. The molecule has 1 aliphatic rings. The molecule has 8 heteroatoms. The quantitative estimate of drug-likeness (QED) is 0.635. The first kappa shape index (κ1) is 20.2. The molecular formula is C22H24N4O3S. The molecule has 0 unspecified atom stereocenters. The van der Waals surface area contributed by atoms with Crippen molar-refractivity contribution >= 4 is 38.4 Å². The van der Waals surface area contributed by atoms with Crippen molar-refractivity contribution in [3.8, 4) is 0 Å². The van der Waals surface area contributed by atoms with Crippen molar-refractivity contribution in [2.24, 2.45) is 10.9 Å².